The van der Waals surface area contributed by atoms with Gasteiger partial charge in [-0.3, -0.25) is 23.9 Å². The van der Waals surface area contributed by atoms with Crippen LogP contribution in [0.1, 0.15) is 0 Å². The minimum Gasteiger partial charge on any atom is -0.325 e. The molecule has 0 aliphatic carbocycles. The second kappa shape index (κ2) is 11.3. The molecule has 0 unspecified atom stereocenters. The van der Waals surface area contributed by atoms with Crippen molar-refractivity contribution in [2.24, 2.45) is 0 Å². The number of non-ortho nitro benzene ring substituents is 1. The van der Waals surface area contributed by atoms with Gasteiger partial charge in [-0.1, -0.05) is 30.3 Å². The van der Waals surface area contributed by atoms with Crippen LogP contribution < -0.4 is 14.3 Å². The number of aromatic nitrogens is 1. The van der Waals surface area contributed by atoms with Crippen molar-refractivity contribution in [3.63, 3.8) is 0 Å². The minimum absolute atomic E-state index is 0.0785. The van der Waals surface area contributed by atoms with Crippen molar-refractivity contribution in [3.8, 4) is 0 Å². The number of nitro benzene ring substituents is 1. The van der Waals surface area contributed by atoms with Gasteiger partial charge in [0.2, 0.25) is 5.91 Å². The third-order valence-corrected chi connectivity index (χ3v) is 8.46. The van der Waals surface area contributed by atoms with Gasteiger partial charge in [-0.25, -0.2) is 21.8 Å². The summed E-state index contributed by atoms with van der Waals surface area (Å²) in [5, 5.41) is 13.8. The highest BCUT2D eigenvalue weighted by Crippen LogP contribution is 2.27. The van der Waals surface area contributed by atoms with Gasteiger partial charge in [0.25, 0.3) is 25.7 Å². The van der Waals surface area contributed by atoms with Crippen molar-refractivity contribution in [2.75, 3.05) is 20.9 Å². The zero-order valence-electron chi connectivity index (χ0n) is 20.0. The van der Waals surface area contributed by atoms with Crippen LogP contribution in [0.4, 0.5) is 22.9 Å². The summed E-state index contributed by atoms with van der Waals surface area (Å²) in [4.78, 5) is 27.2. The molecule has 0 aliphatic rings. The predicted molar refractivity (Wildman–Crippen MR) is 144 cm³/mol. The van der Waals surface area contributed by atoms with E-state index in [1.807, 2.05) is 0 Å². The lowest BCUT2D eigenvalue weighted by Gasteiger charge is -2.24. The molecule has 200 valence electrons. The summed E-state index contributed by atoms with van der Waals surface area (Å²) >= 11 is 0. The molecule has 3 aromatic carbocycles. The molecule has 2 N–H and O–H groups in total. The normalized spacial score (nSPS) is 11.4. The monoisotopic (exact) mass is 567 g/mol. The van der Waals surface area contributed by atoms with E-state index in [2.05, 4.69) is 15.0 Å². The van der Waals surface area contributed by atoms with Crippen molar-refractivity contribution < 1.29 is 26.6 Å². The smallest absolute Gasteiger partial charge is 0.271 e. The maximum absolute atomic E-state index is 13.4. The molecular weight excluding hydrogens is 546 g/mol. The Labute approximate surface area is 224 Å². The number of hydrogen-bond acceptors (Lipinski definition) is 8. The standard InChI is InChI=1S/C25H21N5O7S2/c31-25(27-19-12-14-22(15-13-19)38(34,35)28-24-11-4-5-16-26-24)18-29(20-7-6-8-21(17-20)30(32)33)39(36,37)23-9-2-1-3-10-23/h1-17H,18H2,(H,26,28)(H,27,31). The number of benzene rings is 3. The summed E-state index contributed by atoms with van der Waals surface area (Å²) in [6.07, 6.45) is 1.44. The van der Waals surface area contributed by atoms with E-state index in [-0.39, 0.29) is 32.7 Å². The second-order valence-electron chi connectivity index (χ2n) is 7.99. The molecule has 0 atom stereocenters. The maximum atomic E-state index is 13.4. The fourth-order valence-corrected chi connectivity index (χ4v) is 5.91. The molecule has 0 aliphatic heterocycles. The summed E-state index contributed by atoms with van der Waals surface area (Å²) in [6, 6.07) is 22.2. The number of amides is 1. The molecule has 1 heterocycles. The number of hydrogen-bond donors (Lipinski definition) is 2. The first-order chi connectivity index (χ1) is 18.6. The maximum Gasteiger partial charge on any atom is 0.271 e. The molecule has 0 fully saturated rings. The van der Waals surface area contributed by atoms with Gasteiger partial charge >= 0.3 is 0 Å². The van der Waals surface area contributed by atoms with Crippen LogP contribution >= 0.6 is 0 Å². The largest absolute Gasteiger partial charge is 0.325 e. The van der Waals surface area contributed by atoms with E-state index >= 15 is 0 Å². The predicted octanol–water partition coefficient (Wildman–Crippen LogP) is 3.62. The number of nitrogens with zero attached hydrogens (tertiary/aromatic N) is 3. The summed E-state index contributed by atoms with van der Waals surface area (Å²) < 4.78 is 55.1. The Kier molecular flexibility index (Phi) is 7.88. The van der Waals surface area contributed by atoms with E-state index in [4.69, 9.17) is 0 Å². The van der Waals surface area contributed by atoms with Crippen LogP contribution in [0.25, 0.3) is 0 Å². The van der Waals surface area contributed by atoms with Crippen LogP contribution in [0.3, 0.4) is 0 Å². The topological polar surface area (TPSA) is 169 Å². The molecule has 4 rings (SSSR count). The number of nitro groups is 1. The number of anilines is 3. The third kappa shape index (κ3) is 6.55. The van der Waals surface area contributed by atoms with Crippen molar-refractivity contribution in [3.05, 3.63) is 113 Å². The Bertz CT molecular complexity index is 1700. The fourth-order valence-electron chi connectivity index (χ4n) is 3.46. The molecule has 12 nitrogen and oxygen atoms in total. The van der Waals surface area contributed by atoms with Gasteiger partial charge in [-0.05, 0) is 54.6 Å². The van der Waals surface area contributed by atoms with Gasteiger partial charge in [0.15, 0.2) is 0 Å². The second-order valence-corrected chi connectivity index (χ2v) is 11.5. The molecule has 1 amide bonds. The van der Waals surface area contributed by atoms with Gasteiger partial charge < -0.3 is 5.32 Å². The Balaban J connectivity index is 1.56. The van der Waals surface area contributed by atoms with Gasteiger partial charge in [0.05, 0.1) is 20.4 Å². The summed E-state index contributed by atoms with van der Waals surface area (Å²) in [5.74, 6) is -0.626. The summed E-state index contributed by atoms with van der Waals surface area (Å²) in [7, 11) is -8.23. The van der Waals surface area contributed by atoms with Crippen LogP contribution in [0, 0.1) is 10.1 Å². The number of sulfonamides is 2. The molecule has 4 aromatic rings. The number of rotatable bonds is 10. The average Bonchev–Trinajstić information content (AvgIpc) is 2.93. The first-order valence-electron chi connectivity index (χ1n) is 11.2. The quantitative estimate of drug-likeness (QED) is 0.216. The molecule has 0 bridgehead atoms. The highest BCUT2D eigenvalue weighted by molar-refractivity contribution is 7.93. The van der Waals surface area contributed by atoms with Gasteiger partial charge in [0.1, 0.15) is 12.4 Å². The molecule has 0 radical (unpaired) electrons. The van der Waals surface area contributed by atoms with E-state index in [1.165, 1.54) is 79.0 Å². The lowest BCUT2D eigenvalue weighted by molar-refractivity contribution is -0.384. The van der Waals surface area contributed by atoms with Gasteiger partial charge in [0, 0.05) is 24.0 Å². The molecule has 39 heavy (non-hydrogen) atoms. The van der Waals surface area contributed by atoms with Crippen LogP contribution in [-0.4, -0.2) is 39.2 Å². The first-order valence-corrected chi connectivity index (χ1v) is 14.1. The highest BCUT2D eigenvalue weighted by atomic mass is 32.2. The lowest BCUT2D eigenvalue weighted by atomic mass is 10.3. The highest BCUT2D eigenvalue weighted by Gasteiger charge is 2.28. The summed E-state index contributed by atoms with van der Waals surface area (Å²) in [5.41, 5.74) is -0.226. The van der Waals surface area contributed by atoms with E-state index in [0.29, 0.717) is 0 Å². The van der Waals surface area contributed by atoms with Crippen molar-refractivity contribution in [2.45, 2.75) is 9.79 Å². The third-order valence-electron chi connectivity index (χ3n) is 5.30. The van der Waals surface area contributed by atoms with E-state index in [1.54, 1.807) is 18.2 Å². The zero-order chi connectivity index (χ0) is 28.0. The van der Waals surface area contributed by atoms with E-state index in [0.717, 1.165) is 10.4 Å². The van der Waals surface area contributed by atoms with Gasteiger partial charge in [-0.15, -0.1) is 0 Å². The van der Waals surface area contributed by atoms with Crippen molar-refractivity contribution >= 4 is 48.8 Å². The molecular formula is C25H21N5O7S2. The van der Waals surface area contributed by atoms with Crippen LogP contribution in [-0.2, 0) is 24.8 Å². The minimum atomic E-state index is -4.28. The van der Waals surface area contributed by atoms with Crippen LogP contribution in [0.15, 0.2) is 113 Å². The fraction of sp³-hybridized carbons (Fsp3) is 0.0400. The first kappa shape index (κ1) is 27.2. The zero-order valence-corrected chi connectivity index (χ0v) is 21.7. The van der Waals surface area contributed by atoms with Gasteiger partial charge in [-0.2, -0.15) is 0 Å². The molecule has 14 heteroatoms. The molecule has 0 saturated carbocycles. The summed E-state index contributed by atoms with van der Waals surface area (Å²) in [6.45, 7) is -0.709. The SMILES string of the molecule is O=C(CN(c1cccc([N+](=O)[O-])c1)S(=O)(=O)c1ccccc1)Nc1ccc(S(=O)(=O)Nc2ccccn2)cc1. The number of carbonyl (C=O) groups excluding carboxylic acids is 1. The van der Waals surface area contributed by atoms with E-state index < -0.39 is 37.4 Å². The number of carbonyl (C=O) groups is 1. The lowest BCUT2D eigenvalue weighted by Crippen LogP contribution is -2.38. The van der Waals surface area contributed by atoms with Crippen LogP contribution in [0.5, 0.6) is 0 Å². The van der Waals surface area contributed by atoms with E-state index in [9.17, 15) is 31.7 Å². The average molecular weight is 568 g/mol. The number of pyridine rings is 1. The van der Waals surface area contributed by atoms with Crippen LogP contribution in [0.2, 0.25) is 0 Å². The Morgan fingerprint density at radius 3 is 2.18 bits per heavy atom. The molecule has 0 saturated heterocycles. The van der Waals surface area contributed by atoms with Crippen molar-refractivity contribution in [1.82, 2.24) is 4.98 Å². The number of nitrogens with one attached hydrogen (secondary N) is 2. The Morgan fingerprint density at radius 1 is 0.846 bits per heavy atom. The molecule has 0 spiro atoms. The van der Waals surface area contributed by atoms with Crippen molar-refractivity contribution in [1.29, 1.82) is 0 Å². The molecule has 1 aromatic heterocycles. The Morgan fingerprint density at radius 2 is 1.54 bits per heavy atom. The Hall–Kier alpha value is -4.82.